The van der Waals surface area contributed by atoms with Crippen molar-refractivity contribution in [3.05, 3.63) is 107 Å². The van der Waals surface area contributed by atoms with Gasteiger partial charge in [0.25, 0.3) is 5.91 Å². The Bertz CT molecular complexity index is 1210. The lowest BCUT2D eigenvalue weighted by atomic mass is 9.76. The molecule has 0 aromatic heterocycles. The number of anilines is 1. The average Bonchev–Trinajstić information content (AvgIpc) is 3.43. The molecule has 4 heteroatoms. The summed E-state index contributed by atoms with van der Waals surface area (Å²) in [5, 5.41) is 3.82. The van der Waals surface area contributed by atoms with Crippen molar-refractivity contribution < 1.29 is 9.53 Å². The summed E-state index contributed by atoms with van der Waals surface area (Å²) in [6.45, 7) is 2.29. The smallest absolute Gasteiger partial charge is 0.255 e. The van der Waals surface area contributed by atoms with Crippen LogP contribution >= 0.6 is 0 Å². The van der Waals surface area contributed by atoms with Crippen molar-refractivity contribution in [1.29, 1.82) is 0 Å². The SMILES string of the molecule is O=C(c1cccc2c1NC(c1ccc(OCc3ccccc3)cc1)C1CC=CC21)N1CCCCC1. The Kier molecular flexibility index (Phi) is 6.03. The first-order valence-electron chi connectivity index (χ1n) is 12.9. The van der Waals surface area contributed by atoms with Crippen molar-refractivity contribution in [2.45, 2.75) is 44.2 Å². The molecule has 1 N–H and O–H groups in total. The summed E-state index contributed by atoms with van der Waals surface area (Å²) in [7, 11) is 0. The third-order valence-electron chi connectivity index (χ3n) is 7.76. The van der Waals surface area contributed by atoms with Gasteiger partial charge in [0.15, 0.2) is 0 Å². The highest BCUT2D eigenvalue weighted by Crippen LogP contribution is 2.50. The van der Waals surface area contributed by atoms with E-state index in [1.54, 1.807) is 0 Å². The van der Waals surface area contributed by atoms with Crippen LogP contribution in [0.5, 0.6) is 5.75 Å². The Morgan fingerprint density at radius 3 is 2.51 bits per heavy atom. The van der Waals surface area contributed by atoms with Gasteiger partial charge in [-0.1, -0.05) is 66.7 Å². The Labute approximate surface area is 207 Å². The van der Waals surface area contributed by atoms with E-state index in [9.17, 15) is 4.79 Å². The molecule has 1 saturated heterocycles. The van der Waals surface area contributed by atoms with Gasteiger partial charge in [0, 0.05) is 19.0 Å². The molecule has 0 bridgehead atoms. The predicted molar refractivity (Wildman–Crippen MR) is 140 cm³/mol. The second kappa shape index (κ2) is 9.61. The van der Waals surface area contributed by atoms with E-state index in [1.165, 1.54) is 17.5 Å². The molecule has 3 aromatic rings. The molecule has 0 saturated carbocycles. The van der Waals surface area contributed by atoms with Gasteiger partial charge in [-0.25, -0.2) is 0 Å². The molecule has 3 aromatic carbocycles. The molecule has 0 spiro atoms. The van der Waals surface area contributed by atoms with Crippen molar-refractivity contribution in [3.8, 4) is 5.75 Å². The van der Waals surface area contributed by atoms with Crippen LogP contribution in [0.25, 0.3) is 0 Å². The van der Waals surface area contributed by atoms with E-state index in [1.807, 2.05) is 29.2 Å². The van der Waals surface area contributed by atoms with Crippen LogP contribution < -0.4 is 10.1 Å². The number of nitrogens with one attached hydrogen (secondary N) is 1. The molecule has 0 radical (unpaired) electrons. The Morgan fingerprint density at radius 2 is 1.71 bits per heavy atom. The van der Waals surface area contributed by atoms with E-state index >= 15 is 0 Å². The van der Waals surface area contributed by atoms with Crippen molar-refractivity contribution in [2.24, 2.45) is 5.92 Å². The largest absolute Gasteiger partial charge is 0.489 e. The fourth-order valence-electron chi connectivity index (χ4n) is 5.91. The molecular weight excluding hydrogens is 432 g/mol. The van der Waals surface area contributed by atoms with Gasteiger partial charge in [-0.3, -0.25) is 4.79 Å². The number of amides is 1. The summed E-state index contributed by atoms with van der Waals surface area (Å²) in [6.07, 6.45) is 9.10. The second-order valence-electron chi connectivity index (χ2n) is 9.94. The van der Waals surface area contributed by atoms with Crippen molar-refractivity contribution >= 4 is 11.6 Å². The maximum absolute atomic E-state index is 13.5. The molecule has 178 valence electrons. The van der Waals surface area contributed by atoms with Gasteiger partial charge in [-0.15, -0.1) is 0 Å². The van der Waals surface area contributed by atoms with Gasteiger partial charge >= 0.3 is 0 Å². The summed E-state index contributed by atoms with van der Waals surface area (Å²) in [5.74, 6) is 1.81. The number of allylic oxidation sites excluding steroid dienone is 2. The quantitative estimate of drug-likeness (QED) is 0.426. The van der Waals surface area contributed by atoms with E-state index in [0.29, 0.717) is 18.4 Å². The first-order chi connectivity index (χ1) is 17.3. The third kappa shape index (κ3) is 4.34. The van der Waals surface area contributed by atoms with Crippen LogP contribution in [0, 0.1) is 5.92 Å². The molecule has 2 heterocycles. The van der Waals surface area contributed by atoms with Gasteiger partial charge in [0.1, 0.15) is 12.4 Å². The van der Waals surface area contributed by atoms with Crippen LogP contribution in [-0.2, 0) is 6.61 Å². The fourth-order valence-corrected chi connectivity index (χ4v) is 5.91. The highest BCUT2D eigenvalue weighted by atomic mass is 16.5. The molecule has 6 rings (SSSR count). The van der Waals surface area contributed by atoms with E-state index in [-0.39, 0.29) is 11.9 Å². The normalized spacial score (nSPS) is 22.7. The molecule has 3 unspecified atom stereocenters. The van der Waals surface area contributed by atoms with Gasteiger partial charge in [-0.05, 0) is 66.5 Å². The topological polar surface area (TPSA) is 41.6 Å². The molecule has 4 nitrogen and oxygen atoms in total. The fraction of sp³-hybridized carbons (Fsp3) is 0.323. The second-order valence-corrected chi connectivity index (χ2v) is 9.94. The van der Waals surface area contributed by atoms with Crippen LogP contribution in [0.1, 0.15) is 64.7 Å². The monoisotopic (exact) mass is 464 g/mol. The summed E-state index contributed by atoms with van der Waals surface area (Å²) >= 11 is 0. The number of hydrogen-bond acceptors (Lipinski definition) is 3. The summed E-state index contributed by atoms with van der Waals surface area (Å²) < 4.78 is 6.01. The lowest BCUT2D eigenvalue weighted by molar-refractivity contribution is 0.0725. The summed E-state index contributed by atoms with van der Waals surface area (Å²) in [5.41, 5.74) is 5.49. The lowest BCUT2D eigenvalue weighted by Crippen LogP contribution is -2.37. The molecule has 1 amide bonds. The molecule has 3 atom stereocenters. The number of rotatable bonds is 5. The Hall–Kier alpha value is -3.53. The number of piperidine rings is 1. The zero-order chi connectivity index (χ0) is 23.6. The number of carbonyl (C=O) groups is 1. The van der Waals surface area contributed by atoms with E-state index < -0.39 is 0 Å². The van der Waals surface area contributed by atoms with Crippen LogP contribution in [0.15, 0.2) is 84.9 Å². The van der Waals surface area contributed by atoms with Gasteiger partial charge in [-0.2, -0.15) is 0 Å². The molecule has 2 aliphatic heterocycles. The maximum atomic E-state index is 13.5. The van der Waals surface area contributed by atoms with Crippen molar-refractivity contribution in [1.82, 2.24) is 4.90 Å². The zero-order valence-electron chi connectivity index (χ0n) is 20.0. The number of para-hydroxylation sites is 1. The minimum absolute atomic E-state index is 0.154. The highest BCUT2D eigenvalue weighted by Gasteiger charge is 2.39. The lowest BCUT2D eigenvalue weighted by Gasteiger charge is -2.39. The van der Waals surface area contributed by atoms with Crippen LogP contribution in [-0.4, -0.2) is 23.9 Å². The Balaban J connectivity index is 1.25. The van der Waals surface area contributed by atoms with Crippen molar-refractivity contribution in [2.75, 3.05) is 18.4 Å². The highest BCUT2D eigenvalue weighted by molar-refractivity contribution is 6.01. The summed E-state index contributed by atoms with van der Waals surface area (Å²) in [4.78, 5) is 15.5. The minimum atomic E-state index is 0.154. The molecule has 1 aliphatic carbocycles. The number of carbonyl (C=O) groups excluding carboxylic acids is 1. The number of nitrogens with zero attached hydrogens (tertiary/aromatic N) is 1. The summed E-state index contributed by atoms with van der Waals surface area (Å²) in [6, 6.07) is 25.1. The van der Waals surface area contributed by atoms with Crippen LogP contribution in [0.4, 0.5) is 5.69 Å². The van der Waals surface area contributed by atoms with Crippen LogP contribution in [0.3, 0.4) is 0 Å². The van der Waals surface area contributed by atoms with E-state index in [0.717, 1.165) is 54.9 Å². The molecule has 1 fully saturated rings. The van der Waals surface area contributed by atoms with Gasteiger partial charge < -0.3 is 15.0 Å². The number of hydrogen-bond donors (Lipinski definition) is 1. The number of benzene rings is 3. The number of likely N-dealkylation sites (tertiary alicyclic amines) is 1. The number of fused-ring (bicyclic) bond motifs is 3. The first-order valence-corrected chi connectivity index (χ1v) is 12.9. The van der Waals surface area contributed by atoms with Crippen molar-refractivity contribution in [3.63, 3.8) is 0 Å². The third-order valence-corrected chi connectivity index (χ3v) is 7.76. The first kappa shape index (κ1) is 22.0. The van der Waals surface area contributed by atoms with Gasteiger partial charge in [0.05, 0.1) is 17.3 Å². The standard InChI is InChI=1S/C31H32N2O2/c34-31(33-19-5-2-6-20-33)28-14-8-13-27-25-11-7-12-26(25)29(32-30(27)28)23-15-17-24(18-16-23)35-21-22-9-3-1-4-10-22/h1,3-4,7-11,13-18,25-26,29,32H,2,5-6,12,19-21H2. The Morgan fingerprint density at radius 1 is 0.914 bits per heavy atom. The molecule has 3 aliphatic rings. The molecule has 35 heavy (non-hydrogen) atoms. The number of ether oxygens (including phenoxy) is 1. The minimum Gasteiger partial charge on any atom is -0.489 e. The van der Waals surface area contributed by atoms with E-state index in [2.05, 4.69) is 66.0 Å². The van der Waals surface area contributed by atoms with Gasteiger partial charge in [0.2, 0.25) is 0 Å². The maximum Gasteiger partial charge on any atom is 0.255 e. The van der Waals surface area contributed by atoms with Crippen LogP contribution in [0.2, 0.25) is 0 Å². The molecular formula is C31H32N2O2. The average molecular weight is 465 g/mol. The van der Waals surface area contributed by atoms with E-state index in [4.69, 9.17) is 4.74 Å². The predicted octanol–water partition coefficient (Wildman–Crippen LogP) is 6.72. The zero-order valence-corrected chi connectivity index (χ0v) is 20.0.